The fourth-order valence-electron chi connectivity index (χ4n) is 2.28. The molecule has 25 heavy (non-hydrogen) atoms. The van der Waals surface area contributed by atoms with Gasteiger partial charge in [-0.25, -0.2) is 14.5 Å². The molecule has 0 spiro atoms. The minimum absolute atomic E-state index is 0.180. The van der Waals surface area contributed by atoms with Crippen molar-refractivity contribution < 1.29 is 14.3 Å². The molecule has 1 N–H and O–H groups in total. The maximum Gasteiger partial charge on any atom is 0.348 e. The van der Waals surface area contributed by atoms with Crippen molar-refractivity contribution in [1.82, 2.24) is 20.1 Å². The van der Waals surface area contributed by atoms with Crippen LogP contribution in [0.5, 0.6) is 0 Å². The molecule has 128 valence electrons. The minimum Gasteiger partial charge on any atom is -0.465 e. The summed E-state index contributed by atoms with van der Waals surface area (Å²) in [6.45, 7) is 1.90. The normalized spacial score (nSPS) is 11.8. The third kappa shape index (κ3) is 3.74. The van der Waals surface area contributed by atoms with Gasteiger partial charge in [0.15, 0.2) is 0 Å². The Hall–Kier alpha value is -3.00. The van der Waals surface area contributed by atoms with E-state index in [-0.39, 0.29) is 11.9 Å². The van der Waals surface area contributed by atoms with Crippen molar-refractivity contribution in [3.05, 3.63) is 64.4 Å². The van der Waals surface area contributed by atoms with Crippen molar-refractivity contribution in [2.24, 2.45) is 0 Å². The Balaban J connectivity index is 1.67. The molecular weight excluding hydrogens is 340 g/mol. The van der Waals surface area contributed by atoms with Crippen LogP contribution in [0.1, 0.15) is 37.9 Å². The van der Waals surface area contributed by atoms with Crippen molar-refractivity contribution in [1.29, 1.82) is 0 Å². The van der Waals surface area contributed by atoms with Gasteiger partial charge in [0, 0.05) is 0 Å². The van der Waals surface area contributed by atoms with Crippen molar-refractivity contribution in [2.45, 2.75) is 13.0 Å². The summed E-state index contributed by atoms with van der Waals surface area (Å²) in [5.74, 6) is -0.672. The average molecular weight is 356 g/mol. The van der Waals surface area contributed by atoms with E-state index in [2.05, 4.69) is 20.1 Å². The van der Waals surface area contributed by atoms with Crippen LogP contribution in [0.2, 0.25) is 0 Å². The molecular formula is C17H16N4O3S. The third-order valence-electron chi connectivity index (χ3n) is 3.64. The van der Waals surface area contributed by atoms with Gasteiger partial charge in [0.2, 0.25) is 0 Å². The number of benzene rings is 1. The first-order valence-electron chi connectivity index (χ1n) is 7.52. The molecule has 8 heteroatoms. The van der Waals surface area contributed by atoms with Crippen LogP contribution >= 0.6 is 11.3 Å². The van der Waals surface area contributed by atoms with Crippen LogP contribution in [-0.2, 0) is 4.74 Å². The van der Waals surface area contributed by atoms with E-state index < -0.39 is 5.97 Å². The number of nitrogens with zero attached hydrogens (tertiary/aromatic N) is 3. The van der Waals surface area contributed by atoms with E-state index in [9.17, 15) is 9.59 Å². The summed E-state index contributed by atoms with van der Waals surface area (Å²) in [7, 11) is 1.31. The molecule has 0 fully saturated rings. The van der Waals surface area contributed by atoms with E-state index in [1.165, 1.54) is 13.4 Å². The predicted molar refractivity (Wildman–Crippen MR) is 92.9 cm³/mol. The van der Waals surface area contributed by atoms with Crippen molar-refractivity contribution >= 4 is 23.2 Å². The highest BCUT2D eigenvalue weighted by Gasteiger charge is 2.16. The average Bonchev–Trinajstić information content (AvgIpc) is 3.33. The highest BCUT2D eigenvalue weighted by Crippen LogP contribution is 2.20. The van der Waals surface area contributed by atoms with Crippen molar-refractivity contribution in [3.63, 3.8) is 0 Å². The Morgan fingerprint density at radius 1 is 1.16 bits per heavy atom. The molecule has 2 aromatic heterocycles. The number of esters is 1. The number of ether oxygens (including phenoxy) is 1. The Morgan fingerprint density at radius 3 is 2.52 bits per heavy atom. The van der Waals surface area contributed by atoms with Crippen LogP contribution < -0.4 is 5.32 Å². The summed E-state index contributed by atoms with van der Waals surface area (Å²) in [5, 5.41) is 6.99. The van der Waals surface area contributed by atoms with Crippen LogP contribution in [0, 0.1) is 0 Å². The smallest absolute Gasteiger partial charge is 0.348 e. The topological polar surface area (TPSA) is 86.1 Å². The molecule has 0 bridgehead atoms. The quantitative estimate of drug-likeness (QED) is 0.710. The number of amides is 1. The fourth-order valence-corrected chi connectivity index (χ4v) is 3.11. The fraction of sp³-hybridized carbons (Fsp3) is 0.176. The lowest BCUT2D eigenvalue weighted by molar-refractivity contribution is 0.0606. The second-order valence-corrected chi connectivity index (χ2v) is 6.37. The van der Waals surface area contributed by atoms with Gasteiger partial charge in [-0.2, -0.15) is 5.10 Å². The van der Waals surface area contributed by atoms with Crippen LogP contribution in [0.15, 0.2) is 49.1 Å². The molecule has 1 aromatic carbocycles. The lowest BCUT2D eigenvalue weighted by Crippen LogP contribution is -2.25. The lowest BCUT2D eigenvalue weighted by Gasteiger charge is -2.14. The maximum atomic E-state index is 12.3. The number of aromatic nitrogens is 3. The largest absolute Gasteiger partial charge is 0.465 e. The number of methoxy groups -OCH3 is 1. The first kappa shape index (κ1) is 16.8. The molecule has 1 atom stereocenters. The predicted octanol–water partition coefficient (Wildman–Crippen LogP) is 2.61. The van der Waals surface area contributed by atoms with E-state index in [0.29, 0.717) is 9.75 Å². The molecule has 0 saturated heterocycles. The Bertz CT molecular complexity index is 872. The van der Waals surface area contributed by atoms with E-state index in [1.54, 1.807) is 23.1 Å². The molecule has 3 aromatic rings. The van der Waals surface area contributed by atoms with Gasteiger partial charge in [-0.05, 0) is 36.8 Å². The van der Waals surface area contributed by atoms with Crippen LogP contribution in [0.25, 0.3) is 5.69 Å². The Labute approximate surface area is 148 Å². The molecule has 0 aliphatic carbocycles. The summed E-state index contributed by atoms with van der Waals surface area (Å²) >= 11 is 1.11. The van der Waals surface area contributed by atoms with Crippen LogP contribution in [0.3, 0.4) is 0 Å². The summed E-state index contributed by atoms with van der Waals surface area (Å²) in [4.78, 5) is 28.6. The highest BCUT2D eigenvalue weighted by molar-refractivity contribution is 7.15. The number of nitrogens with one attached hydrogen (secondary N) is 1. The first-order valence-corrected chi connectivity index (χ1v) is 8.34. The second kappa shape index (κ2) is 7.27. The Morgan fingerprint density at radius 2 is 1.88 bits per heavy atom. The number of rotatable bonds is 5. The summed E-state index contributed by atoms with van der Waals surface area (Å²) < 4.78 is 6.31. The van der Waals surface area contributed by atoms with Gasteiger partial charge in [0.25, 0.3) is 5.91 Å². The van der Waals surface area contributed by atoms with E-state index >= 15 is 0 Å². The number of hydrogen-bond donors (Lipinski definition) is 1. The zero-order chi connectivity index (χ0) is 17.8. The number of hydrogen-bond acceptors (Lipinski definition) is 6. The monoisotopic (exact) mass is 356 g/mol. The molecule has 7 nitrogen and oxygen atoms in total. The van der Waals surface area contributed by atoms with Gasteiger partial charge in [0.1, 0.15) is 17.5 Å². The molecule has 1 amide bonds. The second-order valence-electron chi connectivity index (χ2n) is 5.28. The Kier molecular flexibility index (Phi) is 4.90. The van der Waals surface area contributed by atoms with E-state index in [1.807, 2.05) is 31.2 Å². The minimum atomic E-state index is -0.444. The first-order chi connectivity index (χ1) is 12.1. The zero-order valence-corrected chi connectivity index (χ0v) is 14.5. The van der Waals surface area contributed by atoms with Gasteiger partial charge in [-0.1, -0.05) is 12.1 Å². The zero-order valence-electron chi connectivity index (χ0n) is 13.7. The number of thiophene rings is 1. The van der Waals surface area contributed by atoms with E-state index in [4.69, 9.17) is 0 Å². The van der Waals surface area contributed by atoms with E-state index in [0.717, 1.165) is 22.6 Å². The molecule has 1 unspecified atom stereocenters. The third-order valence-corrected chi connectivity index (χ3v) is 4.70. The van der Waals surface area contributed by atoms with Crippen LogP contribution in [-0.4, -0.2) is 33.8 Å². The van der Waals surface area contributed by atoms with Gasteiger partial charge in [-0.3, -0.25) is 4.79 Å². The molecule has 0 aliphatic heterocycles. The molecule has 3 rings (SSSR count). The number of carbonyl (C=O) groups is 2. The summed E-state index contributed by atoms with van der Waals surface area (Å²) in [6, 6.07) is 10.7. The standard InChI is InChI=1S/C17H16N4O3S/c1-11(12-3-5-13(6-4-12)21-10-18-9-19-21)20-16(22)14-7-8-15(25-14)17(23)24-2/h3-11H,1-2H3,(H,20,22). The van der Waals surface area contributed by atoms with Gasteiger partial charge in [-0.15, -0.1) is 11.3 Å². The maximum absolute atomic E-state index is 12.3. The lowest BCUT2D eigenvalue weighted by atomic mass is 10.1. The number of carbonyl (C=O) groups excluding carboxylic acids is 2. The molecule has 2 heterocycles. The SMILES string of the molecule is COC(=O)c1ccc(C(=O)NC(C)c2ccc(-n3cncn3)cc2)s1. The molecule has 0 radical (unpaired) electrons. The van der Waals surface area contributed by atoms with Gasteiger partial charge >= 0.3 is 5.97 Å². The van der Waals surface area contributed by atoms with Crippen molar-refractivity contribution in [2.75, 3.05) is 7.11 Å². The van der Waals surface area contributed by atoms with Crippen LogP contribution in [0.4, 0.5) is 0 Å². The molecule has 0 saturated carbocycles. The summed E-state index contributed by atoms with van der Waals surface area (Å²) in [6.07, 6.45) is 3.09. The molecule has 0 aliphatic rings. The van der Waals surface area contributed by atoms with Gasteiger partial charge < -0.3 is 10.1 Å². The van der Waals surface area contributed by atoms with Crippen molar-refractivity contribution in [3.8, 4) is 5.69 Å². The summed E-state index contributed by atoms with van der Waals surface area (Å²) in [5.41, 5.74) is 1.85. The highest BCUT2D eigenvalue weighted by atomic mass is 32.1. The van der Waals surface area contributed by atoms with Gasteiger partial charge in [0.05, 0.1) is 23.7 Å².